The van der Waals surface area contributed by atoms with Crippen LogP contribution in [0.3, 0.4) is 0 Å². The van der Waals surface area contributed by atoms with E-state index in [1.54, 1.807) is 30.3 Å². The maximum absolute atomic E-state index is 12.2. The number of nitrogens with one attached hydrogen (secondary N) is 2. The fraction of sp³-hybridized carbons (Fsp3) is 0. The SMILES string of the molecule is O=c1[nH]c(C(=S)Nc2cccc3c(O)cccc23)nc2ccccc12. The highest BCUT2D eigenvalue weighted by molar-refractivity contribution is 7.81. The summed E-state index contributed by atoms with van der Waals surface area (Å²) in [5.41, 5.74) is 1.08. The van der Waals surface area contributed by atoms with Gasteiger partial charge in [-0.2, -0.15) is 0 Å². The van der Waals surface area contributed by atoms with Crippen LogP contribution in [-0.4, -0.2) is 20.1 Å². The lowest BCUT2D eigenvalue weighted by Crippen LogP contribution is -2.20. The molecule has 0 saturated carbocycles. The summed E-state index contributed by atoms with van der Waals surface area (Å²) in [6.07, 6.45) is 0. The van der Waals surface area contributed by atoms with Crippen LogP contribution in [0, 0.1) is 0 Å². The fourth-order valence-corrected chi connectivity index (χ4v) is 2.98. The maximum atomic E-state index is 12.2. The highest BCUT2D eigenvalue weighted by Gasteiger charge is 2.10. The highest BCUT2D eigenvalue weighted by atomic mass is 32.1. The minimum absolute atomic E-state index is 0.198. The van der Waals surface area contributed by atoms with E-state index < -0.39 is 0 Å². The summed E-state index contributed by atoms with van der Waals surface area (Å²) in [6, 6.07) is 17.9. The summed E-state index contributed by atoms with van der Waals surface area (Å²) >= 11 is 5.41. The van der Waals surface area contributed by atoms with Crippen LogP contribution in [0.2, 0.25) is 0 Å². The topological polar surface area (TPSA) is 78.0 Å². The summed E-state index contributed by atoms with van der Waals surface area (Å²) < 4.78 is 0. The van der Waals surface area contributed by atoms with Crippen molar-refractivity contribution in [3.8, 4) is 5.75 Å². The molecule has 1 heterocycles. The van der Waals surface area contributed by atoms with Crippen molar-refractivity contribution in [2.24, 2.45) is 0 Å². The zero-order valence-electron chi connectivity index (χ0n) is 13.0. The Kier molecular flexibility index (Phi) is 3.66. The number of thiocarbonyl (C=S) groups is 1. The first-order valence-electron chi connectivity index (χ1n) is 7.64. The minimum Gasteiger partial charge on any atom is -0.507 e. The fourth-order valence-electron chi connectivity index (χ4n) is 2.78. The predicted molar refractivity (Wildman–Crippen MR) is 103 cm³/mol. The van der Waals surface area contributed by atoms with Crippen molar-refractivity contribution >= 4 is 44.6 Å². The van der Waals surface area contributed by atoms with Gasteiger partial charge in [0.15, 0.2) is 5.82 Å². The van der Waals surface area contributed by atoms with Gasteiger partial charge in [-0.1, -0.05) is 48.6 Å². The average Bonchev–Trinajstić information content (AvgIpc) is 2.62. The number of aromatic nitrogens is 2. The van der Waals surface area contributed by atoms with E-state index in [1.807, 2.05) is 30.3 Å². The molecular formula is C19H13N3O2S. The van der Waals surface area contributed by atoms with Crippen LogP contribution in [0.15, 0.2) is 65.5 Å². The number of anilines is 1. The second-order valence-corrected chi connectivity index (χ2v) is 5.97. The van der Waals surface area contributed by atoms with Crippen LogP contribution in [0.1, 0.15) is 5.82 Å². The number of fused-ring (bicyclic) bond motifs is 2. The smallest absolute Gasteiger partial charge is 0.259 e. The van der Waals surface area contributed by atoms with E-state index in [1.165, 1.54) is 0 Å². The molecule has 0 aliphatic rings. The molecule has 0 unspecified atom stereocenters. The Morgan fingerprint density at radius 3 is 2.56 bits per heavy atom. The summed E-state index contributed by atoms with van der Waals surface area (Å²) in [4.78, 5) is 19.6. The number of rotatable bonds is 2. The molecule has 5 nitrogen and oxygen atoms in total. The van der Waals surface area contributed by atoms with Crippen LogP contribution < -0.4 is 10.9 Å². The Balaban J connectivity index is 1.76. The van der Waals surface area contributed by atoms with Crippen molar-refractivity contribution in [2.45, 2.75) is 0 Å². The zero-order chi connectivity index (χ0) is 17.4. The first kappa shape index (κ1) is 15.3. The molecule has 25 heavy (non-hydrogen) atoms. The van der Waals surface area contributed by atoms with Gasteiger partial charge in [0.2, 0.25) is 0 Å². The lowest BCUT2D eigenvalue weighted by Gasteiger charge is -2.11. The van der Waals surface area contributed by atoms with E-state index in [9.17, 15) is 9.90 Å². The molecule has 0 aliphatic heterocycles. The van der Waals surface area contributed by atoms with Crippen LogP contribution >= 0.6 is 12.2 Å². The standard InChI is InChI=1S/C19H13N3O2S/c23-16-10-4-6-11-12(16)7-3-9-14(11)21-19(25)17-20-15-8-2-1-5-13(15)18(24)22-17/h1-10,23H,(H,21,25)(H,20,22,24). The molecule has 0 amide bonds. The Morgan fingerprint density at radius 1 is 0.960 bits per heavy atom. The van der Waals surface area contributed by atoms with Crippen LogP contribution in [0.4, 0.5) is 5.69 Å². The predicted octanol–water partition coefficient (Wildman–Crippen LogP) is 3.57. The molecule has 0 radical (unpaired) electrons. The maximum Gasteiger partial charge on any atom is 0.259 e. The van der Waals surface area contributed by atoms with Crippen molar-refractivity contribution in [3.05, 3.63) is 76.8 Å². The molecule has 0 fully saturated rings. The Hall–Kier alpha value is -3.25. The molecule has 0 aliphatic carbocycles. The molecule has 4 rings (SSSR count). The molecule has 0 bridgehead atoms. The molecule has 122 valence electrons. The lowest BCUT2D eigenvalue weighted by atomic mass is 10.1. The van der Waals surface area contributed by atoms with Gasteiger partial charge >= 0.3 is 0 Å². The zero-order valence-corrected chi connectivity index (χ0v) is 13.8. The normalized spacial score (nSPS) is 10.9. The third kappa shape index (κ3) is 2.72. The summed E-state index contributed by atoms with van der Waals surface area (Å²) in [7, 11) is 0. The van der Waals surface area contributed by atoms with E-state index in [2.05, 4.69) is 15.3 Å². The van der Waals surface area contributed by atoms with Crippen LogP contribution in [0.25, 0.3) is 21.7 Å². The number of hydrogen-bond donors (Lipinski definition) is 3. The van der Waals surface area contributed by atoms with Gasteiger partial charge in [-0.3, -0.25) is 4.79 Å². The van der Waals surface area contributed by atoms with Gasteiger partial charge in [-0.05, 0) is 24.3 Å². The largest absolute Gasteiger partial charge is 0.507 e. The lowest BCUT2D eigenvalue weighted by molar-refractivity contribution is 0.481. The minimum atomic E-state index is -0.236. The van der Waals surface area contributed by atoms with Crippen molar-refractivity contribution in [2.75, 3.05) is 5.32 Å². The van der Waals surface area contributed by atoms with Gasteiger partial charge in [0.1, 0.15) is 10.7 Å². The number of para-hydroxylation sites is 1. The molecule has 0 atom stereocenters. The van der Waals surface area contributed by atoms with Crippen molar-refractivity contribution in [3.63, 3.8) is 0 Å². The molecule has 3 aromatic carbocycles. The number of phenols is 1. The van der Waals surface area contributed by atoms with Gasteiger partial charge in [-0.15, -0.1) is 0 Å². The van der Waals surface area contributed by atoms with Gasteiger partial charge in [0, 0.05) is 16.5 Å². The van der Waals surface area contributed by atoms with Crippen molar-refractivity contribution < 1.29 is 5.11 Å². The van der Waals surface area contributed by atoms with Gasteiger partial charge in [0.25, 0.3) is 5.56 Å². The second-order valence-electron chi connectivity index (χ2n) is 5.56. The number of phenolic OH excluding ortho intramolecular Hbond substituents is 1. The molecule has 1 aromatic heterocycles. The summed E-state index contributed by atoms with van der Waals surface area (Å²) in [5, 5.41) is 15.2. The first-order valence-corrected chi connectivity index (χ1v) is 8.05. The third-order valence-electron chi connectivity index (χ3n) is 3.98. The van der Waals surface area contributed by atoms with Crippen LogP contribution in [0.5, 0.6) is 5.75 Å². The average molecular weight is 347 g/mol. The third-order valence-corrected chi connectivity index (χ3v) is 4.27. The molecule has 0 spiro atoms. The number of aromatic hydroxyl groups is 1. The van der Waals surface area contributed by atoms with Gasteiger partial charge in [-0.25, -0.2) is 4.98 Å². The molecule has 3 N–H and O–H groups in total. The molecule has 0 saturated heterocycles. The second kappa shape index (κ2) is 5.99. The van der Waals surface area contributed by atoms with Gasteiger partial charge < -0.3 is 15.4 Å². The number of hydrogen-bond acceptors (Lipinski definition) is 4. The van der Waals surface area contributed by atoms with Crippen molar-refractivity contribution in [1.29, 1.82) is 0 Å². The van der Waals surface area contributed by atoms with E-state index in [0.717, 1.165) is 16.5 Å². The number of benzene rings is 3. The highest BCUT2D eigenvalue weighted by Crippen LogP contribution is 2.30. The number of nitrogens with zero attached hydrogens (tertiary/aromatic N) is 1. The van der Waals surface area contributed by atoms with E-state index >= 15 is 0 Å². The van der Waals surface area contributed by atoms with Gasteiger partial charge in [0.05, 0.1) is 10.9 Å². The quantitative estimate of drug-likeness (QED) is 0.483. The number of aromatic amines is 1. The van der Waals surface area contributed by atoms with Crippen molar-refractivity contribution in [1.82, 2.24) is 9.97 Å². The molecule has 4 aromatic rings. The Bertz CT molecular complexity index is 1180. The Labute approximate surface area is 148 Å². The van der Waals surface area contributed by atoms with E-state index in [-0.39, 0.29) is 11.3 Å². The van der Waals surface area contributed by atoms with E-state index in [0.29, 0.717) is 21.7 Å². The summed E-state index contributed by atoms with van der Waals surface area (Å²) in [5.74, 6) is 0.500. The Morgan fingerprint density at radius 2 is 1.68 bits per heavy atom. The monoisotopic (exact) mass is 347 g/mol. The first-order chi connectivity index (χ1) is 12.1. The van der Waals surface area contributed by atoms with Crippen LogP contribution in [-0.2, 0) is 0 Å². The number of H-pyrrole nitrogens is 1. The molecule has 6 heteroatoms. The summed E-state index contributed by atoms with van der Waals surface area (Å²) in [6.45, 7) is 0. The molecular weight excluding hydrogens is 334 g/mol. The van der Waals surface area contributed by atoms with E-state index in [4.69, 9.17) is 12.2 Å².